The van der Waals surface area contributed by atoms with Gasteiger partial charge in [-0.2, -0.15) is 5.06 Å². The first-order chi connectivity index (χ1) is 5.42. The first kappa shape index (κ1) is 10.7. The van der Waals surface area contributed by atoms with Crippen molar-refractivity contribution >= 4 is 23.0 Å². The summed E-state index contributed by atoms with van der Waals surface area (Å²) in [5, 5.41) is 2.09. The maximum atomic E-state index is 5.35. The van der Waals surface area contributed by atoms with Crippen LogP contribution in [0.5, 0.6) is 0 Å². The average molecular weight is 283 g/mol. The van der Waals surface area contributed by atoms with Gasteiger partial charge in [-0.1, -0.05) is 13.8 Å². The molecule has 0 amide bonds. The normalized spacial score (nSPS) is 28.8. The molecule has 3 heteroatoms. The molecule has 12 heavy (non-hydrogen) atoms. The predicted molar refractivity (Wildman–Crippen MR) is 58.9 cm³/mol. The fourth-order valence-electron chi connectivity index (χ4n) is 1.71. The lowest BCUT2D eigenvalue weighted by Gasteiger charge is -2.51. The van der Waals surface area contributed by atoms with E-state index in [4.69, 9.17) is 3.17 Å². The van der Waals surface area contributed by atoms with Crippen molar-refractivity contribution in [3.05, 3.63) is 0 Å². The molecule has 2 nitrogen and oxygen atoms in total. The van der Waals surface area contributed by atoms with Gasteiger partial charge < -0.3 is 0 Å². The van der Waals surface area contributed by atoms with Crippen LogP contribution in [0.4, 0.5) is 0 Å². The Morgan fingerprint density at radius 2 is 1.83 bits per heavy atom. The Morgan fingerprint density at radius 3 is 2.25 bits per heavy atom. The summed E-state index contributed by atoms with van der Waals surface area (Å²) < 4.78 is 5.35. The van der Waals surface area contributed by atoms with Crippen molar-refractivity contribution in [3.63, 3.8) is 0 Å². The Labute approximate surface area is 89.3 Å². The van der Waals surface area contributed by atoms with Crippen LogP contribution in [0.1, 0.15) is 40.5 Å². The van der Waals surface area contributed by atoms with Crippen molar-refractivity contribution in [2.45, 2.75) is 46.1 Å². The average Bonchev–Trinajstić information content (AvgIpc) is 1.95. The van der Waals surface area contributed by atoms with Crippen LogP contribution < -0.4 is 0 Å². The SMILES string of the molecule is CC1(C)CCCN(OI)C1(C)C. The van der Waals surface area contributed by atoms with Crippen molar-refractivity contribution in [2.24, 2.45) is 5.41 Å². The van der Waals surface area contributed by atoms with Gasteiger partial charge in [-0.15, -0.1) is 0 Å². The second kappa shape index (κ2) is 3.42. The second-order valence-corrected chi connectivity index (χ2v) is 5.11. The van der Waals surface area contributed by atoms with Crippen molar-refractivity contribution in [2.75, 3.05) is 6.54 Å². The molecular formula is C9H18INO. The van der Waals surface area contributed by atoms with Gasteiger partial charge in [-0.25, -0.2) is 3.17 Å². The molecule has 0 saturated carbocycles. The Balaban J connectivity index is 2.82. The van der Waals surface area contributed by atoms with E-state index in [1.54, 1.807) is 0 Å². The lowest BCUT2D eigenvalue weighted by atomic mass is 9.69. The summed E-state index contributed by atoms with van der Waals surface area (Å²) in [6.07, 6.45) is 2.52. The van der Waals surface area contributed by atoms with Crippen LogP contribution >= 0.6 is 23.0 Å². The van der Waals surface area contributed by atoms with E-state index < -0.39 is 0 Å². The minimum absolute atomic E-state index is 0.145. The number of piperidine rings is 1. The summed E-state index contributed by atoms with van der Waals surface area (Å²) in [6.45, 7) is 10.2. The van der Waals surface area contributed by atoms with Gasteiger partial charge in [0.05, 0.1) is 0 Å². The van der Waals surface area contributed by atoms with Crippen LogP contribution in [0.3, 0.4) is 0 Å². The van der Waals surface area contributed by atoms with Gasteiger partial charge in [0, 0.05) is 12.1 Å². The highest BCUT2D eigenvalue weighted by Gasteiger charge is 2.45. The molecule has 0 unspecified atom stereocenters. The molecule has 0 N–H and O–H groups in total. The highest BCUT2D eigenvalue weighted by Crippen LogP contribution is 2.43. The molecule has 1 aliphatic heterocycles. The van der Waals surface area contributed by atoms with Crippen molar-refractivity contribution in [1.29, 1.82) is 0 Å². The third-order valence-corrected chi connectivity index (χ3v) is 4.00. The molecule has 0 radical (unpaired) electrons. The summed E-state index contributed by atoms with van der Waals surface area (Å²) in [5.74, 6) is 0. The van der Waals surface area contributed by atoms with Gasteiger partial charge in [0.25, 0.3) is 0 Å². The van der Waals surface area contributed by atoms with Gasteiger partial charge in [0.1, 0.15) is 23.0 Å². The summed E-state index contributed by atoms with van der Waals surface area (Å²) in [5.41, 5.74) is 0.489. The van der Waals surface area contributed by atoms with Crippen LogP contribution in [0.25, 0.3) is 0 Å². The van der Waals surface area contributed by atoms with Crippen LogP contribution in [0.15, 0.2) is 0 Å². The highest BCUT2D eigenvalue weighted by atomic mass is 127. The Morgan fingerprint density at radius 1 is 1.25 bits per heavy atom. The van der Waals surface area contributed by atoms with Crippen LogP contribution in [-0.4, -0.2) is 17.1 Å². The molecule has 1 heterocycles. The van der Waals surface area contributed by atoms with Crippen molar-refractivity contribution < 1.29 is 3.17 Å². The number of rotatable bonds is 1. The number of hydrogen-bond acceptors (Lipinski definition) is 2. The third kappa shape index (κ3) is 1.63. The fraction of sp³-hybridized carbons (Fsp3) is 1.00. The molecule has 0 aromatic heterocycles. The third-order valence-electron chi connectivity index (χ3n) is 3.53. The monoisotopic (exact) mass is 283 g/mol. The minimum atomic E-state index is 0.145. The molecule has 0 aromatic rings. The number of halogens is 1. The summed E-state index contributed by atoms with van der Waals surface area (Å²) in [7, 11) is 0. The van der Waals surface area contributed by atoms with Gasteiger partial charge >= 0.3 is 0 Å². The molecule has 1 fully saturated rings. The largest absolute Gasteiger partial charge is 0.229 e. The molecular weight excluding hydrogens is 265 g/mol. The smallest absolute Gasteiger partial charge is 0.137 e. The summed E-state index contributed by atoms with van der Waals surface area (Å²) in [4.78, 5) is 0. The number of nitrogens with zero attached hydrogens (tertiary/aromatic N) is 1. The van der Waals surface area contributed by atoms with E-state index in [0.29, 0.717) is 5.41 Å². The quantitative estimate of drug-likeness (QED) is 0.685. The fourth-order valence-corrected chi connectivity index (χ4v) is 2.40. The van der Waals surface area contributed by atoms with Crippen LogP contribution in [0.2, 0.25) is 0 Å². The zero-order chi connectivity index (χ0) is 9.41. The molecule has 0 aliphatic carbocycles. The first-order valence-electron chi connectivity index (χ1n) is 4.48. The molecule has 1 saturated heterocycles. The van der Waals surface area contributed by atoms with Crippen molar-refractivity contribution in [1.82, 2.24) is 5.06 Å². The molecule has 72 valence electrons. The standard InChI is InChI=1S/C9H18INO/c1-8(2)6-5-7-11(12-10)9(8,3)4/h5-7H2,1-4H3. The van der Waals surface area contributed by atoms with E-state index in [1.807, 2.05) is 23.0 Å². The molecule has 0 aromatic carbocycles. The van der Waals surface area contributed by atoms with Crippen molar-refractivity contribution in [3.8, 4) is 0 Å². The Bertz CT molecular complexity index is 168. The molecule has 1 aliphatic rings. The van der Waals surface area contributed by atoms with E-state index in [9.17, 15) is 0 Å². The van der Waals surface area contributed by atoms with E-state index >= 15 is 0 Å². The topological polar surface area (TPSA) is 12.5 Å². The van der Waals surface area contributed by atoms with Gasteiger partial charge in [-0.3, -0.25) is 0 Å². The maximum Gasteiger partial charge on any atom is 0.137 e. The van der Waals surface area contributed by atoms with E-state index in [0.717, 1.165) is 6.54 Å². The van der Waals surface area contributed by atoms with Crippen LogP contribution in [-0.2, 0) is 3.17 Å². The summed E-state index contributed by atoms with van der Waals surface area (Å²) >= 11 is 1.97. The number of hydroxylamine groups is 2. The number of hydrogen-bond donors (Lipinski definition) is 0. The lowest BCUT2D eigenvalue weighted by molar-refractivity contribution is -0.168. The molecule has 1 rings (SSSR count). The van der Waals surface area contributed by atoms with E-state index in [-0.39, 0.29) is 5.54 Å². The Hall–Kier alpha value is 0.650. The zero-order valence-electron chi connectivity index (χ0n) is 8.35. The van der Waals surface area contributed by atoms with Gasteiger partial charge in [0.15, 0.2) is 0 Å². The Kier molecular flexibility index (Phi) is 3.06. The van der Waals surface area contributed by atoms with E-state index in [1.165, 1.54) is 12.8 Å². The first-order valence-corrected chi connectivity index (χ1v) is 5.36. The van der Waals surface area contributed by atoms with Gasteiger partial charge in [-0.05, 0) is 32.1 Å². The molecule has 0 bridgehead atoms. The van der Waals surface area contributed by atoms with Crippen LogP contribution in [0, 0.1) is 5.41 Å². The molecule has 0 spiro atoms. The van der Waals surface area contributed by atoms with E-state index in [2.05, 4.69) is 32.8 Å². The summed E-state index contributed by atoms with van der Waals surface area (Å²) in [6, 6.07) is 0. The minimum Gasteiger partial charge on any atom is -0.229 e. The zero-order valence-corrected chi connectivity index (χ0v) is 10.5. The van der Waals surface area contributed by atoms with Gasteiger partial charge in [0.2, 0.25) is 0 Å². The second-order valence-electron chi connectivity index (χ2n) is 4.72. The predicted octanol–water partition coefficient (Wildman–Crippen LogP) is 3.17. The molecule has 0 atom stereocenters. The maximum absolute atomic E-state index is 5.35. The lowest BCUT2D eigenvalue weighted by Crippen LogP contribution is -2.56. The highest BCUT2D eigenvalue weighted by molar-refractivity contribution is 14.1.